The highest BCUT2D eigenvalue weighted by Gasteiger charge is 2.17. The minimum Gasteiger partial charge on any atom is -0.336 e. The molecule has 4 rings (SSSR count). The Labute approximate surface area is 111 Å². The molecular formula is C14H10N4O2. The zero-order valence-corrected chi connectivity index (χ0v) is 10.3. The molecule has 2 aromatic carbocycles. The van der Waals surface area contributed by atoms with Crippen molar-refractivity contribution in [1.82, 2.24) is 9.35 Å². The third-order valence-corrected chi connectivity index (χ3v) is 3.75. The normalized spacial score (nSPS) is 11.8. The van der Waals surface area contributed by atoms with E-state index in [1.807, 2.05) is 0 Å². The molecule has 0 aliphatic rings. The fraction of sp³-hybridized carbons (Fsp3) is 0. The van der Waals surface area contributed by atoms with Gasteiger partial charge in [0.25, 0.3) is 11.1 Å². The largest absolute Gasteiger partial charge is 0.336 e. The van der Waals surface area contributed by atoms with Gasteiger partial charge in [0.05, 0.1) is 21.8 Å². The molecule has 20 heavy (non-hydrogen) atoms. The maximum Gasteiger partial charge on any atom is 0.277 e. The van der Waals surface area contributed by atoms with Crippen LogP contribution < -0.4 is 22.8 Å². The van der Waals surface area contributed by atoms with Crippen molar-refractivity contribution in [3.63, 3.8) is 0 Å². The van der Waals surface area contributed by atoms with Gasteiger partial charge < -0.3 is 11.7 Å². The van der Waals surface area contributed by atoms with Crippen molar-refractivity contribution in [3.8, 4) is 0 Å². The number of nitrogens with zero attached hydrogens (tertiary/aromatic N) is 2. The summed E-state index contributed by atoms with van der Waals surface area (Å²) in [5.74, 6) is 11.7. The number of benzene rings is 2. The second kappa shape index (κ2) is 3.30. The number of nitrogens with two attached hydrogens (primary N) is 2. The fourth-order valence-electron chi connectivity index (χ4n) is 2.84. The maximum absolute atomic E-state index is 12.3. The Morgan fingerprint density at radius 3 is 1.50 bits per heavy atom. The zero-order chi connectivity index (χ0) is 14.0. The molecule has 6 nitrogen and oxygen atoms in total. The fourth-order valence-corrected chi connectivity index (χ4v) is 2.84. The highest BCUT2D eigenvalue weighted by atomic mass is 16.1. The molecule has 0 atom stereocenters. The van der Waals surface area contributed by atoms with Crippen molar-refractivity contribution in [1.29, 1.82) is 0 Å². The van der Waals surface area contributed by atoms with Crippen molar-refractivity contribution < 1.29 is 0 Å². The van der Waals surface area contributed by atoms with Gasteiger partial charge in [-0.15, -0.1) is 0 Å². The van der Waals surface area contributed by atoms with E-state index in [1.165, 1.54) is 0 Å². The number of aromatic nitrogens is 2. The third-order valence-electron chi connectivity index (χ3n) is 3.75. The first-order valence-electron chi connectivity index (χ1n) is 6.06. The summed E-state index contributed by atoms with van der Waals surface area (Å²) in [6.45, 7) is 0. The van der Waals surface area contributed by atoms with E-state index in [-0.39, 0.29) is 11.1 Å². The Morgan fingerprint density at radius 2 is 1.10 bits per heavy atom. The predicted molar refractivity (Wildman–Crippen MR) is 79.0 cm³/mol. The van der Waals surface area contributed by atoms with Gasteiger partial charge in [-0.25, -0.2) is 9.35 Å². The van der Waals surface area contributed by atoms with Crippen LogP contribution in [0.15, 0.2) is 46.0 Å². The molecule has 4 N–H and O–H groups in total. The van der Waals surface area contributed by atoms with Crippen molar-refractivity contribution in [2.24, 2.45) is 0 Å². The van der Waals surface area contributed by atoms with Gasteiger partial charge in [-0.2, -0.15) is 0 Å². The van der Waals surface area contributed by atoms with Crippen LogP contribution in [0, 0.1) is 0 Å². The lowest BCUT2D eigenvalue weighted by Crippen LogP contribution is -2.31. The molecule has 0 bridgehead atoms. The van der Waals surface area contributed by atoms with Gasteiger partial charge in [-0.05, 0) is 24.3 Å². The first kappa shape index (κ1) is 10.9. The first-order chi connectivity index (χ1) is 9.61. The molecule has 0 saturated carbocycles. The highest BCUT2D eigenvalue weighted by Crippen LogP contribution is 2.29. The van der Waals surface area contributed by atoms with Gasteiger partial charge in [0.2, 0.25) is 0 Å². The van der Waals surface area contributed by atoms with E-state index in [2.05, 4.69) is 0 Å². The lowest BCUT2D eigenvalue weighted by Gasteiger charge is -2.14. The summed E-state index contributed by atoms with van der Waals surface area (Å²) in [5, 5.41) is 2.25. The zero-order valence-electron chi connectivity index (χ0n) is 10.3. The molecule has 2 heterocycles. The van der Waals surface area contributed by atoms with E-state index in [4.69, 9.17) is 11.7 Å². The summed E-state index contributed by atoms with van der Waals surface area (Å²) in [6, 6.07) is 10.2. The molecular weight excluding hydrogens is 256 g/mol. The van der Waals surface area contributed by atoms with E-state index in [0.717, 1.165) is 9.35 Å². The molecule has 6 heteroatoms. The maximum atomic E-state index is 12.3. The van der Waals surface area contributed by atoms with Gasteiger partial charge in [0.15, 0.2) is 0 Å². The van der Waals surface area contributed by atoms with Crippen LogP contribution in [0.25, 0.3) is 32.6 Å². The summed E-state index contributed by atoms with van der Waals surface area (Å²) < 4.78 is 2.15. The average molecular weight is 266 g/mol. The molecule has 2 aromatic heterocycles. The van der Waals surface area contributed by atoms with Gasteiger partial charge in [-0.1, -0.05) is 12.1 Å². The second-order valence-electron chi connectivity index (χ2n) is 4.75. The third kappa shape index (κ3) is 1.04. The highest BCUT2D eigenvalue weighted by molar-refractivity contribution is 6.20. The molecule has 0 amide bonds. The van der Waals surface area contributed by atoms with Crippen LogP contribution in [0.5, 0.6) is 0 Å². The predicted octanol–water partition coefficient (Wildman–Crippen LogP) is 0.335. The lowest BCUT2D eigenvalue weighted by atomic mass is 10.0. The Kier molecular flexibility index (Phi) is 1.79. The van der Waals surface area contributed by atoms with Crippen LogP contribution in [0.4, 0.5) is 0 Å². The van der Waals surface area contributed by atoms with Gasteiger partial charge in [0, 0.05) is 10.8 Å². The number of hydrogen-bond donors (Lipinski definition) is 2. The van der Waals surface area contributed by atoms with E-state index in [0.29, 0.717) is 32.6 Å². The van der Waals surface area contributed by atoms with Crippen molar-refractivity contribution >= 4 is 32.6 Å². The number of pyridine rings is 2. The molecule has 98 valence electrons. The van der Waals surface area contributed by atoms with Gasteiger partial charge in [-0.3, -0.25) is 9.59 Å². The first-order valence-corrected chi connectivity index (χ1v) is 6.06. The van der Waals surface area contributed by atoms with Crippen LogP contribution in [-0.4, -0.2) is 9.35 Å². The summed E-state index contributed by atoms with van der Waals surface area (Å²) >= 11 is 0. The summed E-state index contributed by atoms with van der Waals surface area (Å²) in [6.07, 6.45) is 0. The topological polar surface area (TPSA) is 96.0 Å². The second-order valence-corrected chi connectivity index (χ2v) is 4.75. The van der Waals surface area contributed by atoms with Crippen molar-refractivity contribution in [2.75, 3.05) is 11.7 Å². The van der Waals surface area contributed by atoms with Crippen LogP contribution in [0.1, 0.15) is 0 Å². The summed E-state index contributed by atoms with van der Waals surface area (Å²) in [5.41, 5.74) is 0.422. The van der Waals surface area contributed by atoms with Crippen LogP contribution in [0.2, 0.25) is 0 Å². The molecule has 4 aromatic rings. The minimum absolute atomic E-state index is 0.311. The quantitative estimate of drug-likeness (QED) is 0.354. The number of hydrogen-bond acceptors (Lipinski definition) is 4. The van der Waals surface area contributed by atoms with E-state index in [1.54, 1.807) is 36.4 Å². The average Bonchev–Trinajstić information content (AvgIpc) is 2.48. The molecule has 0 saturated heterocycles. The Bertz CT molecular complexity index is 1020. The van der Waals surface area contributed by atoms with Crippen LogP contribution >= 0.6 is 0 Å². The van der Waals surface area contributed by atoms with Crippen molar-refractivity contribution in [3.05, 3.63) is 57.1 Å². The van der Waals surface area contributed by atoms with E-state index in [9.17, 15) is 9.59 Å². The van der Waals surface area contributed by atoms with E-state index >= 15 is 0 Å². The Morgan fingerprint density at radius 1 is 0.700 bits per heavy atom. The van der Waals surface area contributed by atoms with Gasteiger partial charge >= 0.3 is 0 Å². The standard InChI is InChI=1S/C14H10N4O2/c15-17-9-5-1-3-7-11(9)12-8(14(17)20)4-2-6-10(12)18(16)13(7)19/h1-6H,15-16H2. The molecule has 0 fully saturated rings. The minimum atomic E-state index is -0.311. The van der Waals surface area contributed by atoms with E-state index < -0.39 is 0 Å². The molecule has 0 spiro atoms. The monoisotopic (exact) mass is 266 g/mol. The lowest BCUT2D eigenvalue weighted by molar-refractivity contribution is 0.989. The number of nitrogen functional groups attached to an aromatic ring is 2. The Balaban J connectivity index is 2.62. The SMILES string of the molecule is Nn1c(=O)c2cccc3c2c2c(cccc21)c(=O)n3N. The number of rotatable bonds is 0. The molecule has 0 radical (unpaired) electrons. The summed E-state index contributed by atoms with van der Waals surface area (Å²) in [4.78, 5) is 24.6. The smallest absolute Gasteiger partial charge is 0.277 e. The van der Waals surface area contributed by atoms with Crippen LogP contribution in [-0.2, 0) is 0 Å². The van der Waals surface area contributed by atoms with Crippen LogP contribution in [0.3, 0.4) is 0 Å². The van der Waals surface area contributed by atoms with Crippen molar-refractivity contribution in [2.45, 2.75) is 0 Å². The molecule has 0 aliphatic carbocycles. The summed E-state index contributed by atoms with van der Waals surface area (Å²) in [7, 11) is 0. The molecule has 0 unspecified atom stereocenters. The van der Waals surface area contributed by atoms with Gasteiger partial charge in [0.1, 0.15) is 0 Å². The molecule has 0 aliphatic heterocycles. The Hall–Kier alpha value is -3.02.